The standard InChI is InChI=1S/C33H33F3N6O4S/c1-20-21(6-11-31(38-20)39-23-7-9-26(10-8-23)47(2,45)46)19-41-14-12-24(13-15-41)42(25-5-3-4-22(34)16-25)33(44)40-30-17-27(32(37)43)28(35)18-29(30)36/h3-11,16-18,24H,12-15,19H2,1-2H3,(H2,37,43)(H,38,39)(H,40,44). The van der Waals surface area contributed by atoms with E-state index in [1.165, 1.54) is 35.2 Å². The van der Waals surface area contributed by atoms with Crippen molar-refractivity contribution in [2.75, 3.05) is 34.9 Å². The fourth-order valence-corrected chi connectivity index (χ4v) is 6.10. The van der Waals surface area contributed by atoms with Crippen molar-refractivity contribution >= 4 is 44.7 Å². The molecule has 1 aliphatic rings. The molecule has 1 aliphatic heterocycles. The van der Waals surface area contributed by atoms with Crippen molar-refractivity contribution < 1.29 is 31.2 Å². The molecule has 1 aromatic heterocycles. The van der Waals surface area contributed by atoms with Crippen LogP contribution in [-0.2, 0) is 16.4 Å². The zero-order valence-electron chi connectivity index (χ0n) is 25.6. The third kappa shape index (κ3) is 8.07. The Morgan fingerprint density at radius 2 is 1.68 bits per heavy atom. The van der Waals surface area contributed by atoms with Gasteiger partial charge in [-0.2, -0.15) is 0 Å². The van der Waals surface area contributed by atoms with Gasteiger partial charge in [-0.25, -0.2) is 31.4 Å². The van der Waals surface area contributed by atoms with Crippen molar-refractivity contribution in [1.29, 1.82) is 0 Å². The van der Waals surface area contributed by atoms with E-state index in [2.05, 4.69) is 20.5 Å². The van der Waals surface area contributed by atoms with Gasteiger partial charge in [-0.05, 0) is 79.9 Å². The number of piperidine rings is 1. The number of pyridine rings is 1. The number of nitrogens with zero attached hydrogens (tertiary/aromatic N) is 3. The molecule has 3 amide bonds. The van der Waals surface area contributed by atoms with Crippen molar-refractivity contribution in [2.24, 2.45) is 5.73 Å². The molecule has 1 saturated heterocycles. The Kier molecular flexibility index (Phi) is 9.82. The minimum absolute atomic E-state index is 0.228. The summed E-state index contributed by atoms with van der Waals surface area (Å²) >= 11 is 0. The Hall–Kier alpha value is -4.95. The molecule has 0 atom stereocenters. The number of nitrogens with one attached hydrogen (secondary N) is 2. The maximum absolute atomic E-state index is 14.6. The second-order valence-electron chi connectivity index (χ2n) is 11.3. The largest absolute Gasteiger partial charge is 0.366 e. The van der Waals surface area contributed by atoms with E-state index < -0.39 is 50.5 Å². The van der Waals surface area contributed by atoms with Gasteiger partial charge in [0.2, 0.25) is 0 Å². The average molecular weight is 667 g/mol. The molecule has 5 rings (SSSR count). The summed E-state index contributed by atoms with van der Waals surface area (Å²) in [6.07, 6.45) is 2.18. The van der Waals surface area contributed by atoms with Gasteiger partial charge in [0.15, 0.2) is 9.84 Å². The van der Waals surface area contributed by atoms with Gasteiger partial charge >= 0.3 is 6.03 Å². The van der Waals surface area contributed by atoms with Gasteiger partial charge in [0.1, 0.15) is 23.3 Å². The van der Waals surface area contributed by atoms with Crippen LogP contribution in [0.15, 0.2) is 77.7 Å². The number of likely N-dealkylation sites (tertiary alicyclic amines) is 1. The first kappa shape index (κ1) is 33.4. The number of hydrogen-bond donors (Lipinski definition) is 3. The molecule has 4 aromatic rings. The molecule has 3 aromatic carbocycles. The summed E-state index contributed by atoms with van der Waals surface area (Å²) in [4.78, 5) is 33.6. The van der Waals surface area contributed by atoms with Crippen LogP contribution in [0.4, 0.5) is 40.8 Å². The molecular formula is C33H33F3N6O4S. The lowest BCUT2D eigenvalue weighted by atomic mass is 10.0. The van der Waals surface area contributed by atoms with E-state index in [0.717, 1.165) is 23.6 Å². The van der Waals surface area contributed by atoms with E-state index in [0.29, 0.717) is 50.0 Å². The van der Waals surface area contributed by atoms with Crippen LogP contribution in [0, 0.1) is 24.4 Å². The van der Waals surface area contributed by atoms with Gasteiger partial charge in [-0.15, -0.1) is 0 Å². The predicted molar refractivity (Wildman–Crippen MR) is 173 cm³/mol. The number of benzene rings is 3. The summed E-state index contributed by atoms with van der Waals surface area (Å²) in [7, 11) is -3.29. The summed E-state index contributed by atoms with van der Waals surface area (Å²) < 4.78 is 66.3. The van der Waals surface area contributed by atoms with E-state index in [4.69, 9.17) is 5.73 Å². The Labute approximate surface area is 270 Å². The van der Waals surface area contributed by atoms with E-state index >= 15 is 0 Å². The quantitative estimate of drug-likeness (QED) is 0.207. The lowest BCUT2D eigenvalue weighted by molar-refractivity contribution is 0.0996. The van der Waals surface area contributed by atoms with Gasteiger partial charge in [0.25, 0.3) is 5.91 Å². The normalized spacial score (nSPS) is 14.1. The Balaban J connectivity index is 1.26. The number of hydrogen-bond acceptors (Lipinski definition) is 7. The Bertz CT molecular complexity index is 1920. The van der Waals surface area contributed by atoms with Crippen LogP contribution in [0.25, 0.3) is 0 Å². The average Bonchev–Trinajstić information content (AvgIpc) is 3.00. The van der Waals surface area contributed by atoms with Gasteiger partial charge in [0, 0.05) is 55.1 Å². The molecule has 0 saturated carbocycles. The first-order valence-electron chi connectivity index (χ1n) is 14.7. The Morgan fingerprint density at radius 3 is 2.30 bits per heavy atom. The van der Waals surface area contributed by atoms with Crippen molar-refractivity contribution in [2.45, 2.75) is 37.2 Å². The molecule has 0 radical (unpaired) electrons. The second kappa shape index (κ2) is 13.8. The number of halogens is 3. The van der Waals surface area contributed by atoms with Crippen LogP contribution < -0.4 is 21.3 Å². The fourth-order valence-electron chi connectivity index (χ4n) is 5.47. The SMILES string of the molecule is Cc1nc(Nc2ccc(S(C)(=O)=O)cc2)ccc1CN1CCC(N(C(=O)Nc2cc(C(N)=O)c(F)cc2F)c2cccc(F)c2)CC1. The van der Waals surface area contributed by atoms with Crippen LogP contribution in [0.5, 0.6) is 0 Å². The van der Waals surface area contributed by atoms with E-state index in [-0.39, 0.29) is 16.6 Å². The third-order valence-corrected chi connectivity index (χ3v) is 9.06. The van der Waals surface area contributed by atoms with Crippen LogP contribution >= 0.6 is 0 Å². The number of anilines is 4. The second-order valence-corrected chi connectivity index (χ2v) is 13.3. The van der Waals surface area contributed by atoms with E-state index in [1.54, 1.807) is 18.2 Å². The highest BCUT2D eigenvalue weighted by atomic mass is 32.2. The molecule has 47 heavy (non-hydrogen) atoms. The highest BCUT2D eigenvalue weighted by molar-refractivity contribution is 7.90. The maximum atomic E-state index is 14.6. The van der Waals surface area contributed by atoms with E-state index in [1.807, 2.05) is 19.1 Å². The number of sulfone groups is 1. The van der Waals surface area contributed by atoms with Crippen molar-refractivity contribution in [3.63, 3.8) is 0 Å². The highest BCUT2D eigenvalue weighted by Crippen LogP contribution is 2.28. The maximum Gasteiger partial charge on any atom is 0.326 e. The van der Waals surface area contributed by atoms with Gasteiger partial charge < -0.3 is 16.4 Å². The third-order valence-electron chi connectivity index (χ3n) is 7.94. The first-order chi connectivity index (χ1) is 22.3. The summed E-state index contributed by atoms with van der Waals surface area (Å²) in [5.41, 5.74) is 6.93. The van der Waals surface area contributed by atoms with Crippen LogP contribution in [0.3, 0.4) is 0 Å². The minimum Gasteiger partial charge on any atom is -0.366 e. The number of primary amides is 1. The van der Waals surface area contributed by atoms with Gasteiger partial charge in [0.05, 0.1) is 16.1 Å². The minimum atomic E-state index is -3.29. The van der Waals surface area contributed by atoms with Gasteiger partial charge in [-0.1, -0.05) is 12.1 Å². The smallest absolute Gasteiger partial charge is 0.326 e. The molecule has 2 heterocycles. The number of urea groups is 1. The number of nitrogens with two attached hydrogens (primary N) is 1. The van der Waals surface area contributed by atoms with Gasteiger partial charge in [-0.3, -0.25) is 14.6 Å². The molecule has 0 aliphatic carbocycles. The van der Waals surface area contributed by atoms with Crippen LogP contribution in [0.1, 0.15) is 34.5 Å². The topological polar surface area (TPSA) is 138 Å². The Morgan fingerprint density at radius 1 is 0.979 bits per heavy atom. The highest BCUT2D eigenvalue weighted by Gasteiger charge is 2.30. The number of aryl methyl sites for hydroxylation is 1. The molecule has 246 valence electrons. The zero-order valence-corrected chi connectivity index (χ0v) is 26.5. The lowest BCUT2D eigenvalue weighted by Crippen LogP contribution is -2.49. The molecule has 4 N–H and O–H groups in total. The summed E-state index contributed by atoms with van der Waals surface area (Å²) in [5.74, 6) is -3.32. The van der Waals surface area contributed by atoms with Crippen molar-refractivity contribution in [3.05, 3.63) is 107 Å². The number of carbonyl (C=O) groups is 2. The molecule has 1 fully saturated rings. The summed E-state index contributed by atoms with van der Waals surface area (Å²) in [6, 6.07) is 15.8. The van der Waals surface area contributed by atoms with Crippen molar-refractivity contribution in [3.8, 4) is 0 Å². The molecule has 0 bridgehead atoms. The summed E-state index contributed by atoms with van der Waals surface area (Å²) in [6.45, 7) is 3.67. The molecular weight excluding hydrogens is 633 g/mol. The lowest BCUT2D eigenvalue weighted by Gasteiger charge is -2.38. The van der Waals surface area contributed by atoms with Crippen LogP contribution in [0.2, 0.25) is 0 Å². The zero-order chi connectivity index (χ0) is 33.9. The van der Waals surface area contributed by atoms with Crippen LogP contribution in [-0.4, -0.2) is 55.6 Å². The molecule has 10 nitrogen and oxygen atoms in total. The molecule has 0 spiro atoms. The summed E-state index contributed by atoms with van der Waals surface area (Å²) in [5, 5.41) is 5.58. The number of rotatable bonds is 9. The van der Waals surface area contributed by atoms with Crippen molar-refractivity contribution in [1.82, 2.24) is 9.88 Å². The molecule has 0 unspecified atom stereocenters. The number of amides is 3. The predicted octanol–water partition coefficient (Wildman–Crippen LogP) is 5.76. The number of aromatic nitrogens is 1. The molecule has 14 heteroatoms. The van der Waals surface area contributed by atoms with E-state index in [9.17, 15) is 31.2 Å². The number of carbonyl (C=O) groups excluding carboxylic acids is 2. The first-order valence-corrected chi connectivity index (χ1v) is 16.6. The monoisotopic (exact) mass is 666 g/mol. The fraction of sp³-hybridized carbons (Fsp3) is 0.242.